The highest BCUT2D eigenvalue weighted by atomic mass is 16.3. The minimum atomic E-state index is -1.26. The molecular weight excluding hydrogens is 112 g/mol. The topological polar surface area (TPSA) is 20.2 Å². The Kier molecular flexibility index (Phi) is 3.46. The molecular formula is C8H16O. The van der Waals surface area contributed by atoms with Crippen LogP contribution in [0.1, 0.15) is 35.0 Å². The molecule has 0 amide bonds. The van der Waals surface area contributed by atoms with Crippen LogP contribution in [0.15, 0.2) is 11.6 Å². The Hall–Kier alpha value is -0.300. The highest BCUT2D eigenvalue weighted by Gasteiger charge is 1.90. The molecule has 0 radical (unpaired) electrons. The van der Waals surface area contributed by atoms with Gasteiger partial charge in [0.2, 0.25) is 0 Å². The van der Waals surface area contributed by atoms with Crippen molar-refractivity contribution in [2.45, 2.75) is 39.7 Å². The zero-order chi connectivity index (χ0) is 8.20. The predicted octanol–water partition coefficient (Wildman–Crippen LogP) is 2.11. The van der Waals surface area contributed by atoms with E-state index in [2.05, 4.69) is 0 Å². The summed E-state index contributed by atoms with van der Waals surface area (Å²) in [6.07, 6.45) is 2.08. The summed E-state index contributed by atoms with van der Waals surface area (Å²) in [5, 5.41) is 8.97. The molecule has 0 bridgehead atoms. The van der Waals surface area contributed by atoms with E-state index in [0.717, 1.165) is 6.42 Å². The zero-order valence-electron chi connectivity index (χ0n) is 7.44. The van der Waals surface area contributed by atoms with Gasteiger partial charge in [-0.25, -0.2) is 0 Å². The second-order valence-corrected chi connectivity index (χ2v) is 2.56. The van der Waals surface area contributed by atoms with Gasteiger partial charge >= 0.3 is 0 Å². The second kappa shape index (κ2) is 4.57. The Morgan fingerprint density at radius 1 is 1.78 bits per heavy atom. The molecule has 0 aromatic carbocycles. The molecule has 1 N–H and O–H groups in total. The van der Waals surface area contributed by atoms with E-state index in [1.165, 1.54) is 12.5 Å². The van der Waals surface area contributed by atoms with Gasteiger partial charge in [0, 0.05) is 0 Å². The van der Waals surface area contributed by atoms with Crippen LogP contribution >= 0.6 is 0 Å². The predicted molar refractivity (Wildman–Crippen MR) is 40.3 cm³/mol. The molecule has 0 saturated carbocycles. The maximum Gasteiger partial charge on any atom is 0.0598 e. The van der Waals surface area contributed by atoms with E-state index >= 15 is 0 Å². The fraction of sp³-hybridized carbons (Fsp3) is 0.750. The molecule has 1 nitrogen and oxygen atoms in total. The lowest BCUT2D eigenvalue weighted by atomic mass is 10.2. The normalized spacial score (nSPS) is 18.0. The van der Waals surface area contributed by atoms with Crippen molar-refractivity contribution in [1.82, 2.24) is 0 Å². The van der Waals surface area contributed by atoms with E-state index in [4.69, 9.17) is 6.48 Å². The molecule has 1 heteroatoms. The minimum absolute atomic E-state index is 0.512. The van der Waals surface area contributed by atoms with E-state index < -0.39 is 6.08 Å². The third kappa shape index (κ3) is 7.70. The van der Waals surface area contributed by atoms with E-state index in [0.29, 0.717) is 6.42 Å². The summed E-state index contributed by atoms with van der Waals surface area (Å²) in [4.78, 5) is 0. The summed E-state index contributed by atoms with van der Waals surface area (Å²) in [6.45, 7) is 5.53. The van der Waals surface area contributed by atoms with Crippen molar-refractivity contribution < 1.29 is 6.48 Å². The van der Waals surface area contributed by atoms with Gasteiger partial charge in [0.1, 0.15) is 0 Å². The third-order valence-electron chi connectivity index (χ3n) is 1.06. The van der Waals surface area contributed by atoms with Crippen LogP contribution in [0.3, 0.4) is 0 Å². The summed E-state index contributed by atoms with van der Waals surface area (Å²) in [5.41, 5.74) is 1.24. The first kappa shape index (κ1) is 6.81. The average Bonchev–Trinajstić information content (AvgIpc) is 1.59. The van der Waals surface area contributed by atoms with Crippen LogP contribution in [-0.2, 0) is 0 Å². The van der Waals surface area contributed by atoms with Crippen LogP contribution in [0.5, 0.6) is 0 Å². The number of hydrogen-bond acceptors (Lipinski definition) is 1. The molecule has 0 saturated heterocycles. The van der Waals surface area contributed by atoms with Gasteiger partial charge in [0.05, 0.1) is 7.45 Å². The number of aliphatic hydroxyl groups is 1. The van der Waals surface area contributed by atoms with Crippen molar-refractivity contribution in [2.75, 3.05) is 0 Å². The lowest BCUT2D eigenvalue weighted by Crippen LogP contribution is -1.96. The van der Waals surface area contributed by atoms with Crippen molar-refractivity contribution >= 4 is 0 Å². The molecule has 0 aliphatic heterocycles. The molecule has 0 heterocycles. The largest absolute Gasteiger partial charge is 0.393 e. The van der Waals surface area contributed by atoms with Crippen LogP contribution in [0.2, 0.25) is 0 Å². The van der Waals surface area contributed by atoms with E-state index in [9.17, 15) is 0 Å². The smallest absolute Gasteiger partial charge is 0.0598 e. The van der Waals surface area contributed by atoms with E-state index in [1.807, 2.05) is 19.9 Å². The molecule has 0 aliphatic rings. The van der Waals surface area contributed by atoms with Crippen molar-refractivity contribution in [1.29, 1.82) is 0 Å². The summed E-state index contributed by atoms with van der Waals surface area (Å²) in [5.74, 6) is 0. The standard InChI is InChI=1S/C8H16O/c1-7(2)5-4-6-8(3)9/h5,8-9H,4,6H2,1-3H3/t8-/m1/s1/i8D. The average molecular weight is 129 g/mol. The summed E-state index contributed by atoms with van der Waals surface area (Å²) in [6, 6.07) is 0. The maximum atomic E-state index is 8.97. The van der Waals surface area contributed by atoms with Crippen LogP contribution in [0.4, 0.5) is 0 Å². The SMILES string of the molecule is [2H][C@](C)(O)CCC=C(C)C. The Bertz CT molecular complexity index is 118. The Morgan fingerprint density at radius 2 is 2.33 bits per heavy atom. The first-order valence-corrected chi connectivity index (χ1v) is 3.27. The van der Waals surface area contributed by atoms with Crippen molar-refractivity contribution in [3.05, 3.63) is 11.6 Å². The Labute approximate surface area is 58.8 Å². The van der Waals surface area contributed by atoms with Crippen LogP contribution < -0.4 is 0 Å². The molecule has 0 rings (SSSR count). The van der Waals surface area contributed by atoms with E-state index in [-0.39, 0.29) is 0 Å². The fourth-order valence-electron chi connectivity index (χ4n) is 0.570. The summed E-state index contributed by atoms with van der Waals surface area (Å²) < 4.78 is 7.10. The first-order chi connectivity index (χ1) is 4.42. The van der Waals surface area contributed by atoms with Crippen LogP contribution in [-0.4, -0.2) is 11.2 Å². The van der Waals surface area contributed by atoms with Crippen LogP contribution in [0.25, 0.3) is 0 Å². The number of allylic oxidation sites excluding steroid dienone is 2. The van der Waals surface area contributed by atoms with Crippen molar-refractivity contribution in [3.63, 3.8) is 0 Å². The molecule has 0 aromatic heterocycles. The fourth-order valence-corrected chi connectivity index (χ4v) is 0.570. The van der Waals surface area contributed by atoms with Crippen LogP contribution in [0, 0.1) is 0 Å². The van der Waals surface area contributed by atoms with Crippen molar-refractivity contribution in [3.8, 4) is 0 Å². The Balaban J connectivity index is 3.47. The molecule has 0 fully saturated rings. The van der Waals surface area contributed by atoms with Gasteiger partial charge in [0.15, 0.2) is 0 Å². The molecule has 54 valence electrons. The number of rotatable bonds is 3. The first-order valence-electron chi connectivity index (χ1n) is 3.77. The van der Waals surface area contributed by atoms with Gasteiger partial charge in [-0.1, -0.05) is 11.6 Å². The van der Waals surface area contributed by atoms with E-state index in [1.54, 1.807) is 0 Å². The monoisotopic (exact) mass is 129 g/mol. The highest BCUT2D eigenvalue weighted by molar-refractivity contribution is 4.92. The second-order valence-electron chi connectivity index (χ2n) is 2.56. The molecule has 1 atom stereocenters. The summed E-state index contributed by atoms with van der Waals surface area (Å²) >= 11 is 0. The lowest BCUT2D eigenvalue weighted by Gasteiger charge is -1.98. The molecule has 0 aliphatic carbocycles. The zero-order valence-corrected chi connectivity index (χ0v) is 6.44. The quantitative estimate of drug-likeness (QED) is 0.579. The van der Waals surface area contributed by atoms with Gasteiger partial charge in [-0.2, -0.15) is 0 Å². The van der Waals surface area contributed by atoms with Crippen molar-refractivity contribution in [2.24, 2.45) is 0 Å². The molecule has 9 heavy (non-hydrogen) atoms. The Morgan fingerprint density at radius 3 is 2.67 bits per heavy atom. The number of hydrogen-bond donors (Lipinski definition) is 1. The third-order valence-corrected chi connectivity index (χ3v) is 1.06. The lowest BCUT2D eigenvalue weighted by molar-refractivity contribution is 0.186. The molecule has 0 aromatic rings. The van der Waals surface area contributed by atoms with Gasteiger partial charge in [-0.3, -0.25) is 0 Å². The van der Waals surface area contributed by atoms with Gasteiger partial charge in [-0.15, -0.1) is 0 Å². The van der Waals surface area contributed by atoms with Gasteiger partial charge < -0.3 is 5.11 Å². The van der Waals surface area contributed by atoms with Gasteiger partial charge in [0.25, 0.3) is 0 Å². The molecule has 0 unspecified atom stereocenters. The maximum absolute atomic E-state index is 8.97. The molecule has 0 spiro atoms. The highest BCUT2D eigenvalue weighted by Crippen LogP contribution is 1.99. The van der Waals surface area contributed by atoms with Gasteiger partial charge in [-0.05, 0) is 33.6 Å². The summed E-state index contributed by atoms with van der Waals surface area (Å²) in [7, 11) is 0. The minimum Gasteiger partial charge on any atom is -0.393 e.